The smallest absolute Gasteiger partial charge is 0.0428 e. The molecule has 0 saturated carbocycles. The molecule has 0 saturated heterocycles. The summed E-state index contributed by atoms with van der Waals surface area (Å²) in [6.07, 6.45) is 1.75. The Morgan fingerprint density at radius 1 is 0.621 bits per heavy atom. The Labute approximate surface area is 199 Å². The second kappa shape index (κ2) is 19.2. The van der Waals surface area contributed by atoms with Gasteiger partial charge in [-0.3, -0.25) is 0 Å². The normalized spacial score (nSPS) is 10.0. The molecule has 3 heteroatoms. The summed E-state index contributed by atoms with van der Waals surface area (Å²) in [5.74, 6) is 0. The summed E-state index contributed by atoms with van der Waals surface area (Å²) < 4.78 is 0. The van der Waals surface area contributed by atoms with Gasteiger partial charge < -0.3 is 24.1 Å². The van der Waals surface area contributed by atoms with E-state index in [1.54, 1.807) is 0 Å². The second-order valence-electron chi connectivity index (χ2n) is 7.95. The Morgan fingerprint density at radius 3 is 0.931 bits per heavy atom. The van der Waals surface area contributed by atoms with Crippen LogP contribution in [-0.2, 0) is 36.7 Å². The molecule has 29 heavy (non-hydrogen) atoms. The third-order valence-corrected chi connectivity index (χ3v) is 3.56. The van der Waals surface area contributed by atoms with E-state index >= 15 is 0 Å². The summed E-state index contributed by atoms with van der Waals surface area (Å²) in [6.45, 7) is 21.0. The van der Waals surface area contributed by atoms with Gasteiger partial charge in [0.2, 0.25) is 0 Å². The molecule has 0 aliphatic heterocycles. The van der Waals surface area contributed by atoms with Crippen molar-refractivity contribution in [3.63, 3.8) is 0 Å². The topological polar surface area (TPSA) is 40.5 Å². The van der Waals surface area contributed by atoms with Gasteiger partial charge in [-0.2, -0.15) is 0 Å². The molecule has 0 unspecified atom stereocenters. The van der Waals surface area contributed by atoms with Gasteiger partial charge in [-0.1, -0.05) is 113 Å². The summed E-state index contributed by atoms with van der Waals surface area (Å²) in [7, 11) is 0. The van der Waals surface area contributed by atoms with Crippen LogP contribution < -0.4 is 0 Å². The minimum Gasteiger partial charge on any atom is -0.396 e. The van der Waals surface area contributed by atoms with E-state index in [2.05, 4.69) is 65.8 Å². The van der Waals surface area contributed by atoms with Crippen LogP contribution in [0.4, 0.5) is 0 Å². The van der Waals surface area contributed by atoms with Gasteiger partial charge in [0.25, 0.3) is 0 Å². The van der Waals surface area contributed by atoms with Gasteiger partial charge >= 0.3 is 0 Å². The molecule has 2 aromatic carbocycles. The van der Waals surface area contributed by atoms with Crippen LogP contribution in [0, 0.1) is 13.8 Å². The van der Waals surface area contributed by atoms with Crippen LogP contribution in [0.5, 0.6) is 0 Å². The van der Waals surface area contributed by atoms with Crippen molar-refractivity contribution < 1.29 is 36.1 Å². The molecule has 0 radical (unpaired) electrons. The van der Waals surface area contributed by atoms with Crippen LogP contribution in [0.25, 0.3) is 0 Å². The summed E-state index contributed by atoms with van der Waals surface area (Å²) in [6, 6.07) is 20.6. The second-order valence-corrected chi connectivity index (χ2v) is 7.95. The third kappa shape index (κ3) is 20.3. The molecule has 0 atom stereocenters. The standard InChI is InChI=1S/2C10H13.2C3H8O.Hf/c2*1-10(2,3)9-7-5-4-6-8-9;2*1-2-3-4;/h2*4-8H,1H2,2-3H3;2*4H,2-3H2,1H3;/q2*-1;;;. The molecule has 0 amide bonds. The molecule has 0 spiro atoms. The van der Waals surface area contributed by atoms with E-state index in [4.69, 9.17) is 10.2 Å². The summed E-state index contributed by atoms with van der Waals surface area (Å²) in [5, 5.41) is 15.8. The number of rotatable bonds is 4. The van der Waals surface area contributed by atoms with Crippen molar-refractivity contribution in [1.82, 2.24) is 0 Å². The van der Waals surface area contributed by atoms with Gasteiger partial charge in [-0.25, -0.2) is 0 Å². The van der Waals surface area contributed by atoms with Crippen molar-refractivity contribution in [2.45, 2.75) is 65.2 Å². The predicted molar refractivity (Wildman–Crippen MR) is 124 cm³/mol. The first-order valence-electron chi connectivity index (χ1n) is 10.1. The fraction of sp³-hybridized carbons (Fsp3) is 0.462. The molecule has 2 N–H and O–H groups in total. The maximum absolute atomic E-state index is 7.88. The quantitative estimate of drug-likeness (QED) is 0.335. The average molecular weight is 565 g/mol. The molecule has 0 fully saturated rings. The van der Waals surface area contributed by atoms with E-state index in [1.165, 1.54) is 11.1 Å². The SMILES string of the molecule is CCCO.CCCO.[CH2-]C(C)(C)c1ccccc1.[CH2-]C(C)(C)c1ccccc1.[Hf]. The van der Waals surface area contributed by atoms with Crippen LogP contribution in [0.3, 0.4) is 0 Å². The van der Waals surface area contributed by atoms with Gasteiger partial charge in [0.05, 0.1) is 0 Å². The molecule has 2 rings (SSSR count). The van der Waals surface area contributed by atoms with E-state index < -0.39 is 0 Å². The Kier molecular flexibility index (Phi) is 21.8. The predicted octanol–water partition coefficient (Wildman–Crippen LogP) is 6.37. The molecule has 0 aliphatic rings. The van der Waals surface area contributed by atoms with E-state index in [-0.39, 0.29) is 36.7 Å². The first-order chi connectivity index (χ1) is 13.0. The third-order valence-electron chi connectivity index (χ3n) is 3.56. The molecule has 0 bridgehead atoms. The zero-order valence-corrected chi connectivity index (χ0v) is 23.0. The van der Waals surface area contributed by atoms with Crippen molar-refractivity contribution in [1.29, 1.82) is 0 Å². The number of benzene rings is 2. The Hall–Kier alpha value is -0.770. The number of hydrogen-bond acceptors (Lipinski definition) is 2. The van der Waals surface area contributed by atoms with Gasteiger partial charge in [-0.05, 0) is 12.8 Å². The van der Waals surface area contributed by atoms with Gasteiger partial charge in [0.15, 0.2) is 0 Å². The van der Waals surface area contributed by atoms with Crippen LogP contribution in [0.2, 0.25) is 0 Å². The monoisotopic (exact) mass is 566 g/mol. The van der Waals surface area contributed by atoms with Crippen molar-refractivity contribution in [2.24, 2.45) is 0 Å². The van der Waals surface area contributed by atoms with Gasteiger partial charge in [0.1, 0.15) is 0 Å². The molecule has 0 aromatic heterocycles. The Balaban J connectivity index is -0.000000336. The summed E-state index contributed by atoms with van der Waals surface area (Å²) in [5.41, 5.74) is 2.66. The van der Waals surface area contributed by atoms with Gasteiger partial charge in [0, 0.05) is 39.1 Å². The first-order valence-corrected chi connectivity index (χ1v) is 10.1. The molecule has 0 heterocycles. The molecule has 164 valence electrons. The largest absolute Gasteiger partial charge is 0.396 e. The van der Waals surface area contributed by atoms with Gasteiger partial charge in [-0.15, -0.1) is 10.8 Å². The van der Waals surface area contributed by atoms with Crippen LogP contribution in [0.15, 0.2) is 60.7 Å². The number of aliphatic hydroxyl groups excluding tert-OH is 2. The van der Waals surface area contributed by atoms with Crippen molar-refractivity contribution >= 4 is 0 Å². The zero-order chi connectivity index (χ0) is 22.1. The number of hydrogen-bond donors (Lipinski definition) is 2. The molecular weight excluding hydrogens is 523 g/mol. The van der Waals surface area contributed by atoms with Crippen molar-refractivity contribution in [3.8, 4) is 0 Å². The van der Waals surface area contributed by atoms with E-state index in [1.807, 2.05) is 50.2 Å². The van der Waals surface area contributed by atoms with Crippen molar-refractivity contribution in [3.05, 3.63) is 85.6 Å². The summed E-state index contributed by atoms with van der Waals surface area (Å²) >= 11 is 0. The van der Waals surface area contributed by atoms with Crippen LogP contribution >= 0.6 is 0 Å². The fourth-order valence-electron chi connectivity index (χ4n) is 1.78. The molecule has 2 nitrogen and oxygen atoms in total. The van der Waals surface area contributed by atoms with Crippen LogP contribution in [-0.4, -0.2) is 23.4 Å². The molecule has 0 aliphatic carbocycles. The molecular formula is C26H42HfO2-2. The fourth-order valence-corrected chi connectivity index (χ4v) is 1.78. The zero-order valence-electron chi connectivity index (χ0n) is 19.4. The minimum absolute atomic E-state index is 0. The first kappa shape index (κ1) is 32.9. The summed E-state index contributed by atoms with van der Waals surface area (Å²) in [4.78, 5) is 0. The van der Waals surface area contributed by atoms with E-state index in [0.29, 0.717) is 13.2 Å². The number of aliphatic hydroxyl groups is 2. The maximum Gasteiger partial charge on any atom is 0.0428 e. The van der Waals surface area contributed by atoms with Crippen molar-refractivity contribution in [2.75, 3.05) is 13.2 Å². The minimum atomic E-state index is 0. The van der Waals surface area contributed by atoms with E-state index in [9.17, 15) is 0 Å². The Morgan fingerprint density at radius 2 is 0.828 bits per heavy atom. The average Bonchev–Trinajstić information content (AvgIpc) is 2.69. The van der Waals surface area contributed by atoms with Crippen LogP contribution in [0.1, 0.15) is 65.5 Å². The maximum atomic E-state index is 7.88. The van der Waals surface area contributed by atoms with E-state index in [0.717, 1.165) is 12.8 Å². The Bertz CT molecular complexity index is 497. The molecule has 2 aromatic rings.